The smallest absolute Gasteiger partial charge is 0.382 e. The van der Waals surface area contributed by atoms with Gasteiger partial charge in [0.05, 0.1) is 16.9 Å². The number of carbonyl (C=O) groups excluding carboxylic acids is 1. The number of nitrogen functional groups attached to an aromatic ring is 1. The summed E-state index contributed by atoms with van der Waals surface area (Å²) < 4.78 is 40.7. The molecule has 0 saturated heterocycles. The molecule has 0 aliphatic heterocycles. The predicted octanol–water partition coefficient (Wildman–Crippen LogP) is 4.36. The Bertz CT molecular complexity index is 1420. The van der Waals surface area contributed by atoms with Gasteiger partial charge < -0.3 is 16.2 Å². The van der Waals surface area contributed by atoms with Crippen molar-refractivity contribution in [3.8, 4) is 5.69 Å². The second kappa shape index (κ2) is 8.58. The number of aliphatic hydroxyl groups excluding tert-OH is 1. The molecule has 2 heterocycles. The van der Waals surface area contributed by atoms with Crippen LogP contribution in [0.1, 0.15) is 28.5 Å². The van der Waals surface area contributed by atoms with Crippen molar-refractivity contribution in [2.75, 3.05) is 11.1 Å². The lowest BCUT2D eigenvalue weighted by Gasteiger charge is -2.16. The third-order valence-corrected chi connectivity index (χ3v) is 5.38. The normalized spacial score (nSPS) is 12.7. The monoisotopic (exact) mass is 490 g/mol. The number of nitrogens with two attached hydrogens (primary N) is 1. The van der Waals surface area contributed by atoms with Gasteiger partial charge in [-0.3, -0.25) is 4.79 Å². The van der Waals surface area contributed by atoms with Gasteiger partial charge in [0, 0.05) is 10.7 Å². The van der Waals surface area contributed by atoms with Crippen LogP contribution in [0.4, 0.5) is 24.7 Å². The van der Waals surface area contributed by atoms with Crippen LogP contribution in [0.3, 0.4) is 0 Å². The fourth-order valence-corrected chi connectivity index (χ4v) is 3.80. The summed E-state index contributed by atoms with van der Waals surface area (Å²) >= 11 is 5.75. The van der Waals surface area contributed by atoms with E-state index in [9.17, 15) is 23.1 Å². The molecule has 4 aromatic rings. The highest BCUT2D eigenvalue weighted by atomic mass is 35.5. The zero-order chi connectivity index (χ0) is 24.8. The molecule has 4 N–H and O–H groups in total. The van der Waals surface area contributed by atoms with Gasteiger partial charge in [0.25, 0.3) is 5.91 Å². The largest absolute Gasteiger partial charge is 0.416 e. The van der Waals surface area contributed by atoms with E-state index in [-0.39, 0.29) is 16.4 Å². The van der Waals surface area contributed by atoms with E-state index in [1.54, 1.807) is 36.7 Å². The average Bonchev–Trinajstić information content (AvgIpc) is 3.10. The van der Waals surface area contributed by atoms with Crippen LogP contribution in [-0.4, -0.2) is 30.8 Å². The fraction of sp³-hybridized carbons (Fsp3) is 0.182. The first kappa shape index (κ1) is 23.5. The van der Waals surface area contributed by atoms with Crippen molar-refractivity contribution in [3.63, 3.8) is 0 Å². The van der Waals surface area contributed by atoms with Gasteiger partial charge in [0.15, 0.2) is 11.9 Å². The van der Waals surface area contributed by atoms with Crippen LogP contribution in [-0.2, 0) is 11.0 Å². The minimum atomic E-state index is -4.67. The molecule has 0 bridgehead atoms. The van der Waals surface area contributed by atoms with Gasteiger partial charge in [-0.1, -0.05) is 11.6 Å². The maximum absolute atomic E-state index is 13.0. The molecule has 2 aromatic carbocycles. The molecular weight excluding hydrogens is 473 g/mol. The van der Waals surface area contributed by atoms with Crippen LogP contribution >= 0.6 is 11.6 Å². The number of anilines is 2. The average molecular weight is 491 g/mol. The topological polar surface area (TPSA) is 119 Å². The third kappa shape index (κ3) is 4.39. The number of rotatable bonds is 4. The van der Waals surface area contributed by atoms with E-state index in [1.807, 2.05) is 0 Å². The van der Waals surface area contributed by atoms with E-state index in [4.69, 9.17) is 17.3 Å². The molecule has 0 aliphatic carbocycles. The second-order valence-electron chi connectivity index (χ2n) is 7.62. The summed E-state index contributed by atoms with van der Waals surface area (Å²) in [5.74, 6) is -0.661. The maximum atomic E-state index is 13.0. The van der Waals surface area contributed by atoms with Gasteiger partial charge in [-0.2, -0.15) is 18.3 Å². The molecule has 176 valence electrons. The van der Waals surface area contributed by atoms with Crippen LogP contribution < -0.4 is 11.1 Å². The van der Waals surface area contributed by atoms with Gasteiger partial charge >= 0.3 is 6.18 Å². The Kier molecular flexibility index (Phi) is 5.92. The minimum Gasteiger partial charge on any atom is -0.382 e. The number of nitrogens with zero attached hydrogens (tertiary/aromatic N) is 4. The summed E-state index contributed by atoms with van der Waals surface area (Å²) in [5.41, 5.74) is 8.14. The highest BCUT2D eigenvalue weighted by Gasteiger charge is 2.32. The Labute approximate surface area is 196 Å². The lowest BCUT2D eigenvalue weighted by molar-refractivity contribution is -0.138. The molecule has 34 heavy (non-hydrogen) atoms. The number of hydrogen-bond acceptors (Lipinski definition) is 6. The maximum Gasteiger partial charge on any atom is 0.416 e. The molecule has 0 saturated carbocycles. The summed E-state index contributed by atoms with van der Waals surface area (Å²) in [7, 11) is 0. The molecule has 12 heteroatoms. The number of aliphatic hydroxyl groups is 1. The van der Waals surface area contributed by atoms with Gasteiger partial charge in [-0.15, -0.1) is 0 Å². The Morgan fingerprint density at radius 3 is 2.59 bits per heavy atom. The molecule has 4 rings (SSSR count). The van der Waals surface area contributed by atoms with E-state index in [0.29, 0.717) is 39.7 Å². The van der Waals surface area contributed by atoms with Crippen molar-refractivity contribution in [3.05, 3.63) is 70.1 Å². The fourth-order valence-electron chi connectivity index (χ4n) is 3.55. The van der Waals surface area contributed by atoms with E-state index in [0.717, 1.165) is 12.1 Å². The number of aromatic nitrogens is 4. The van der Waals surface area contributed by atoms with E-state index in [1.165, 1.54) is 6.33 Å². The summed E-state index contributed by atoms with van der Waals surface area (Å²) in [6.07, 6.45) is -5.19. The molecular formula is C22H18ClF3N6O2. The summed E-state index contributed by atoms with van der Waals surface area (Å²) in [5, 5.41) is 17.1. The van der Waals surface area contributed by atoms with Crippen LogP contribution in [0.15, 0.2) is 42.7 Å². The lowest BCUT2D eigenvalue weighted by Crippen LogP contribution is -2.21. The van der Waals surface area contributed by atoms with E-state index in [2.05, 4.69) is 20.4 Å². The molecule has 1 atom stereocenters. The number of fused-ring (bicyclic) bond motifs is 1. The molecule has 0 fully saturated rings. The summed E-state index contributed by atoms with van der Waals surface area (Å²) in [4.78, 5) is 20.8. The molecule has 2 aromatic heterocycles. The quantitative estimate of drug-likeness (QED) is 0.391. The first-order valence-corrected chi connectivity index (χ1v) is 10.3. The number of hydrogen-bond donors (Lipinski definition) is 3. The molecule has 1 unspecified atom stereocenters. The van der Waals surface area contributed by atoms with E-state index >= 15 is 0 Å². The Morgan fingerprint density at radius 1 is 1.18 bits per heavy atom. The predicted molar refractivity (Wildman–Crippen MR) is 121 cm³/mol. The first-order chi connectivity index (χ1) is 16.0. The van der Waals surface area contributed by atoms with Gasteiger partial charge in [-0.05, 0) is 61.4 Å². The zero-order valence-corrected chi connectivity index (χ0v) is 18.6. The molecule has 0 radical (unpaired) electrons. The van der Waals surface area contributed by atoms with Gasteiger partial charge in [-0.25, -0.2) is 14.6 Å². The standard InChI is InChI=1S/C22H18ClF3N6O2/c1-10-5-15(3-4-16(10)32-18-17(11(2)31-32)28-9-29-20(18)27)30-21(34)19(33)12-6-13(22(24,25)26)8-14(23)7-12/h3-9,19,33H,1-2H3,(H,30,34)(H2,27,28,29). The highest BCUT2D eigenvalue weighted by Crippen LogP contribution is 2.34. The Balaban J connectivity index is 1.61. The van der Waals surface area contributed by atoms with Crippen LogP contribution in [0.2, 0.25) is 5.02 Å². The van der Waals surface area contributed by atoms with Crippen molar-refractivity contribution >= 4 is 40.0 Å². The Morgan fingerprint density at radius 2 is 1.91 bits per heavy atom. The SMILES string of the molecule is Cc1cc(NC(=O)C(O)c2cc(Cl)cc(C(F)(F)F)c2)ccc1-n1nc(C)c2ncnc(N)c21. The van der Waals surface area contributed by atoms with Gasteiger partial charge in [0.1, 0.15) is 17.4 Å². The second-order valence-corrected chi connectivity index (χ2v) is 8.05. The van der Waals surface area contributed by atoms with Crippen molar-refractivity contribution in [1.29, 1.82) is 0 Å². The van der Waals surface area contributed by atoms with Crippen molar-refractivity contribution in [1.82, 2.24) is 19.7 Å². The van der Waals surface area contributed by atoms with Crippen LogP contribution in [0.5, 0.6) is 0 Å². The highest BCUT2D eigenvalue weighted by molar-refractivity contribution is 6.30. The number of nitrogens with one attached hydrogen (secondary N) is 1. The number of carbonyl (C=O) groups is 1. The molecule has 8 nitrogen and oxygen atoms in total. The van der Waals surface area contributed by atoms with E-state index < -0.39 is 23.8 Å². The third-order valence-electron chi connectivity index (χ3n) is 5.16. The minimum absolute atomic E-state index is 0.248. The first-order valence-electron chi connectivity index (χ1n) is 9.89. The molecule has 1 amide bonds. The summed E-state index contributed by atoms with van der Waals surface area (Å²) in [6.45, 7) is 3.56. The van der Waals surface area contributed by atoms with Crippen molar-refractivity contribution in [2.45, 2.75) is 26.1 Å². The molecule has 0 spiro atoms. The number of halogens is 4. The summed E-state index contributed by atoms with van der Waals surface area (Å²) in [6, 6.07) is 7.37. The number of amides is 1. The lowest BCUT2D eigenvalue weighted by atomic mass is 10.0. The molecule has 0 aliphatic rings. The zero-order valence-electron chi connectivity index (χ0n) is 17.9. The van der Waals surface area contributed by atoms with Gasteiger partial charge in [0.2, 0.25) is 0 Å². The van der Waals surface area contributed by atoms with Crippen LogP contribution in [0.25, 0.3) is 16.7 Å². The number of aryl methyl sites for hydroxylation is 2. The van der Waals surface area contributed by atoms with Crippen molar-refractivity contribution < 1.29 is 23.1 Å². The number of benzene rings is 2. The van der Waals surface area contributed by atoms with Crippen molar-refractivity contribution in [2.24, 2.45) is 0 Å². The number of alkyl halides is 3. The Hall–Kier alpha value is -3.70. The van der Waals surface area contributed by atoms with Crippen LogP contribution in [0, 0.1) is 13.8 Å².